The molecular weight excluding hydrogens is 226 g/mol. The molecular formula is C15H19NO2. The lowest BCUT2D eigenvalue weighted by atomic mass is 9.86. The van der Waals surface area contributed by atoms with E-state index in [1.54, 1.807) is 0 Å². The average molecular weight is 245 g/mol. The van der Waals surface area contributed by atoms with E-state index in [-0.39, 0.29) is 23.7 Å². The van der Waals surface area contributed by atoms with Crippen molar-refractivity contribution in [3.05, 3.63) is 12.2 Å². The molecule has 3 aliphatic carbocycles. The molecule has 2 saturated carbocycles. The average Bonchev–Trinajstić information content (AvgIpc) is 3.01. The lowest BCUT2D eigenvalue weighted by molar-refractivity contribution is -0.136. The van der Waals surface area contributed by atoms with Crippen LogP contribution in [-0.2, 0) is 9.59 Å². The molecule has 2 bridgehead atoms. The number of nitrogens with zero attached hydrogens (tertiary/aromatic N) is 1. The maximum absolute atomic E-state index is 12.6. The number of fused-ring (bicyclic) bond motifs is 5. The van der Waals surface area contributed by atoms with Crippen LogP contribution in [0.1, 0.15) is 32.1 Å². The van der Waals surface area contributed by atoms with E-state index in [0.29, 0.717) is 17.7 Å². The van der Waals surface area contributed by atoms with Crippen LogP contribution in [0.3, 0.4) is 0 Å². The maximum atomic E-state index is 12.6. The van der Waals surface area contributed by atoms with E-state index in [1.807, 2.05) is 12.2 Å². The van der Waals surface area contributed by atoms with Crippen molar-refractivity contribution in [3.63, 3.8) is 0 Å². The van der Waals surface area contributed by atoms with Gasteiger partial charge in [-0.1, -0.05) is 31.4 Å². The minimum atomic E-state index is -0.0823. The third kappa shape index (κ3) is 1.25. The van der Waals surface area contributed by atoms with Gasteiger partial charge in [-0.25, -0.2) is 0 Å². The normalized spacial score (nSPS) is 43.0. The Hall–Kier alpha value is -1.12. The Morgan fingerprint density at radius 3 is 2.44 bits per heavy atom. The molecule has 1 saturated heterocycles. The molecule has 4 aliphatic rings. The molecule has 0 aromatic heterocycles. The van der Waals surface area contributed by atoms with Crippen molar-refractivity contribution in [1.29, 1.82) is 0 Å². The summed E-state index contributed by atoms with van der Waals surface area (Å²) in [5.74, 6) is 0.841. The smallest absolute Gasteiger partial charge is 0.227 e. The summed E-state index contributed by atoms with van der Waals surface area (Å²) in [6.07, 6.45) is 10.2. The highest BCUT2D eigenvalue weighted by atomic mass is 16.2. The predicted molar refractivity (Wildman–Crippen MR) is 66.7 cm³/mol. The molecule has 0 N–H and O–H groups in total. The Bertz CT molecular complexity index is 436. The van der Waals surface area contributed by atoms with Gasteiger partial charge in [-0.3, -0.25) is 9.59 Å². The topological polar surface area (TPSA) is 37.4 Å². The standard InChI is InChI=1S/C15H19NO2/c17-14-10-6-7-11(14)13-12(10)8-16(15(13)18)9-4-2-1-3-5-9/h6-7,9-13H,1-5,8H2. The van der Waals surface area contributed by atoms with E-state index in [1.165, 1.54) is 32.1 Å². The minimum Gasteiger partial charge on any atom is -0.339 e. The van der Waals surface area contributed by atoms with Crippen LogP contribution in [0.4, 0.5) is 0 Å². The van der Waals surface area contributed by atoms with Crippen LogP contribution in [0.15, 0.2) is 12.2 Å². The zero-order valence-electron chi connectivity index (χ0n) is 10.5. The Morgan fingerprint density at radius 2 is 1.72 bits per heavy atom. The summed E-state index contributed by atoms with van der Waals surface area (Å²) in [6.45, 7) is 0.839. The number of likely N-dealkylation sites (tertiary alicyclic amines) is 1. The zero-order valence-corrected chi connectivity index (χ0v) is 10.5. The number of allylic oxidation sites excluding steroid dienone is 2. The number of carbonyl (C=O) groups excluding carboxylic acids is 2. The molecule has 3 fully saturated rings. The van der Waals surface area contributed by atoms with Crippen LogP contribution in [0.2, 0.25) is 0 Å². The van der Waals surface area contributed by atoms with Gasteiger partial charge in [-0.05, 0) is 12.8 Å². The van der Waals surface area contributed by atoms with Crippen molar-refractivity contribution in [2.75, 3.05) is 6.54 Å². The van der Waals surface area contributed by atoms with Gasteiger partial charge in [-0.15, -0.1) is 0 Å². The van der Waals surface area contributed by atoms with Gasteiger partial charge in [-0.2, -0.15) is 0 Å². The van der Waals surface area contributed by atoms with Crippen LogP contribution < -0.4 is 0 Å². The third-order valence-electron chi connectivity index (χ3n) is 5.48. The van der Waals surface area contributed by atoms with Crippen LogP contribution >= 0.6 is 0 Å². The molecule has 0 radical (unpaired) electrons. The SMILES string of the molecule is O=C1C2C=CC1C1C(=O)N(C3CCCCC3)CC21. The molecule has 3 heteroatoms. The minimum absolute atomic E-state index is 0.00516. The van der Waals surface area contributed by atoms with Crippen molar-refractivity contribution in [1.82, 2.24) is 4.90 Å². The van der Waals surface area contributed by atoms with Crippen molar-refractivity contribution in [3.8, 4) is 0 Å². The zero-order chi connectivity index (χ0) is 12.3. The van der Waals surface area contributed by atoms with Gasteiger partial charge in [0.15, 0.2) is 0 Å². The van der Waals surface area contributed by atoms with Gasteiger partial charge in [0.1, 0.15) is 5.78 Å². The molecule has 4 atom stereocenters. The highest BCUT2D eigenvalue weighted by Crippen LogP contribution is 2.50. The second-order valence-electron chi connectivity index (χ2n) is 6.31. The molecule has 0 spiro atoms. The van der Waals surface area contributed by atoms with E-state index in [9.17, 15) is 9.59 Å². The second kappa shape index (κ2) is 3.69. The summed E-state index contributed by atoms with van der Waals surface area (Å²) < 4.78 is 0. The fourth-order valence-electron chi connectivity index (χ4n) is 4.59. The number of ketones is 1. The number of amides is 1. The van der Waals surface area contributed by atoms with Crippen molar-refractivity contribution < 1.29 is 9.59 Å². The number of carbonyl (C=O) groups is 2. The molecule has 3 nitrogen and oxygen atoms in total. The number of hydrogen-bond acceptors (Lipinski definition) is 2. The quantitative estimate of drug-likeness (QED) is 0.660. The van der Waals surface area contributed by atoms with Gasteiger partial charge >= 0.3 is 0 Å². The van der Waals surface area contributed by atoms with Crippen LogP contribution in [0, 0.1) is 23.7 Å². The molecule has 1 amide bonds. The van der Waals surface area contributed by atoms with Gasteiger partial charge < -0.3 is 4.90 Å². The van der Waals surface area contributed by atoms with E-state index < -0.39 is 0 Å². The van der Waals surface area contributed by atoms with Crippen LogP contribution in [-0.4, -0.2) is 29.2 Å². The summed E-state index contributed by atoms with van der Waals surface area (Å²) in [4.78, 5) is 26.7. The van der Waals surface area contributed by atoms with Crippen molar-refractivity contribution in [2.24, 2.45) is 23.7 Å². The first-order chi connectivity index (χ1) is 8.77. The molecule has 1 heterocycles. The van der Waals surface area contributed by atoms with Crippen LogP contribution in [0.25, 0.3) is 0 Å². The molecule has 4 rings (SSSR count). The number of Topliss-reactive ketones (excluding diaryl/α,β-unsaturated/α-hetero) is 1. The Balaban J connectivity index is 1.58. The Kier molecular flexibility index (Phi) is 2.21. The summed E-state index contributed by atoms with van der Waals surface area (Å²) in [7, 11) is 0. The molecule has 4 unspecified atom stereocenters. The molecule has 1 aliphatic heterocycles. The van der Waals surface area contributed by atoms with E-state index in [0.717, 1.165) is 6.54 Å². The summed E-state index contributed by atoms with van der Waals surface area (Å²) in [5.41, 5.74) is 0. The molecule has 0 aromatic rings. The summed E-state index contributed by atoms with van der Waals surface area (Å²) in [5, 5.41) is 0. The van der Waals surface area contributed by atoms with E-state index >= 15 is 0 Å². The molecule has 0 aromatic carbocycles. The van der Waals surface area contributed by atoms with Crippen LogP contribution in [0.5, 0.6) is 0 Å². The van der Waals surface area contributed by atoms with Gasteiger partial charge in [0.25, 0.3) is 0 Å². The highest BCUT2D eigenvalue weighted by molar-refractivity contribution is 6.00. The molecule has 18 heavy (non-hydrogen) atoms. The number of rotatable bonds is 1. The fourth-order valence-corrected chi connectivity index (χ4v) is 4.59. The number of hydrogen-bond donors (Lipinski definition) is 0. The summed E-state index contributed by atoms with van der Waals surface area (Å²) in [6, 6.07) is 0.464. The van der Waals surface area contributed by atoms with E-state index in [4.69, 9.17) is 0 Å². The van der Waals surface area contributed by atoms with Crippen molar-refractivity contribution in [2.45, 2.75) is 38.1 Å². The third-order valence-corrected chi connectivity index (χ3v) is 5.48. The first-order valence-corrected chi connectivity index (χ1v) is 7.30. The fraction of sp³-hybridized carbons (Fsp3) is 0.733. The Morgan fingerprint density at radius 1 is 1.00 bits per heavy atom. The van der Waals surface area contributed by atoms with Gasteiger partial charge in [0.05, 0.1) is 5.92 Å². The first-order valence-electron chi connectivity index (χ1n) is 7.30. The highest BCUT2D eigenvalue weighted by Gasteiger charge is 2.59. The first kappa shape index (κ1) is 10.8. The largest absolute Gasteiger partial charge is 0.339 e. The van der Waals surface area contributed by atoms with E-state index in [2.05, 4.69) is 4.90 Å². The second-order valence-corrected chi connectivity index (χ2v) is 6.31. The lowest BCUT2D eigenvalue weighted by Crippen LogP contribution is -2.40. The molecule has 96 valence electrons. The lowest BCUT2D eigenvalue weighted by Gasteiger charge is -2.32. The predicted octanol–water partition coefficient (Wildman–Crippen LogP) is 1.78. The monoisotopic (exact) mass is 245 g/mol. The summed E-state index contributed by atoms with van der Waals surface area (Å²) >= 11 is 0. The van der Waals surface area contributed by atoms with Gasteiger partial charge in [0.2, 0.25) is 5.91 Å². The maximum Gasteiger partial charge on any atom is 0.227 e. The van der Waals surface area contributed by atoms with Crippen molar-refractivity contribution >= 4 is 11.7 Å². The van der Waals surface area contributed by atoms with Gasteiger partial charge in [0, 0.05) is 30.3 Å². The Labute approximate surface area is 107 Å².